The van der Waals surface area contributed by atoms with E-state index in [0.717, 1.165) is 22.3 Å². The van der Waals surface area contributed by atoms with Crippen LogP contribution in [0.2, 0.25) is 10.0 Å². The molecule has 1 aliphatic rings. The number of hydrogen-bond donors (Lipinski definition) is 0. The van der Waals surface area contributed by atoms with E-state index in [1.807, 2.05) is 97.1 Å². The summed E-state index contributed by atoms with van der Waals surface area (Å²) in [4.78, 5) is 32.9. The Morgan fingerprint density at radius 1 is 0.932 bits per heavy atom. The summed E-state index contributed by atoms with van der Waals surface area (Å²) in [6.45, 7) is 2.29. The average molecular weight is 642 g/mol. The van der Waals surface area contributed by atoms with Crippen LogP contribution in [0.4, 0.5) is 0 Å². The van der Waals surface area contributed by atoms with E-state index in [2.05, 4.69) is 0 Å². The Morgan fingerprint density at radius 3 is 2.32 bits per heavy atom. The predicted octanol–water partition coefficient (Wildman–Crippen LogP) is 6.82. The standard InChI is InChI=1S/C35H26Cl2N2O4S/c1-2-42-34(41)30-31(24-9-5-3-6-10-24)38-35-39(32(30)25-11-7-4-8-12-25)33(40)29(44-35)20-22-13-16-26(17-14-22)43-21-23-15-18-27(36)28(37)19-23/h3-20,32H,2,21H2,1H3/b29-20+/t32-/m1/s1. The number of hydrogen-bond acceptors (Lipinski definition) is 6. The van der Waals surface area contributed by atoms with Gasteiger partial charge in [-0.05, 0) is 54.0 Å². The van der Waals surface area contributed by atoms with Crippen molar-refractivity contribution >= 4 is 52.3 Å². The van der Waals surface area contributed by atoms with Crippen LogP contribution in [0, 0.1) is 0 Å². The molecule has 6 rings (SSSR count). The molecule has 0 unspecified atom stereocenters. The molecular formula is C35H26Cl2N2O4S. The lowest BCUT2D eigenvalue weighted by molar-refractivity contribution is -0.138. The highest BCUT2D eigenvalue weighted by Gasteiger charge is 2.35. The van der Waals surface area contributed by atoms with Gasteiger partial charge in [-0.15, -0.1) is 0 Å². The van der Waals surface area contributed by atoms with Gasteiger partial charge in [-0.2, -0.15) is 0 Å². The zero-order valence-corrected chi connectivity index (χ0v) is 25.9. The summed E-state index contributed by atoms with van der Waals surface area (Å²) in [6.07, 6.45) is 1.82. The number of thiazole rings is 1. The Kier molecular flexibility index (Phi) is 8.79. The fraction of sp³-hybridized carbons (Fsp3) is 0.114. The molecular weight excluding hydrogens is 615 g/mol. The smallest absolute Gasteiger partial charge is 0.338 e. The first-order chi connectivity index (χ1) is 21.4. The first kappa shape index (κ1) is 29.6. The van der Waals surface area contributed by atoms with Crippen LogP contribution < -0.4 is 19.6 Å². The zero-order chi connectivity index (χ0) is 30.6. The average Bonchev–Trinajstić information content (AvgIpc) is 3.36. The Labute approximate surface area is 267 Å². The highest BCUT2D eigenvalue weighted by molar-refractivity contribution is 7.07. The third-order valence-electron chi connectivity index (χ3n) is 7.06. The van der Waals surface area contributed by atoms with Crippen molar-refractivity contribution in [3.63, 3.8) is 0 Å². The maximum Gasteiger partial charge on any atom is 0.338 e. The lowest BCUT2D eigenvalue weighted by Crippen LogP contribution is -2.39. The van der Waals surface area contributed by atoms with Crippen LogP contribution in [0.1, 0.15) is 35.2 Å². The van der Waals surface area contributed by atoms with E-state index in [1.165, 1.54) is 11.3 Å². The monoisotopic (exact) mass is 640 g/mol. The number of carbonyl (C=O) groups excluding carboxylic acids is 1. The number of benzene rings is 4. The summed E-state index contributed by atoms with van der Waals surface area (Å²) in [7, 11) is 0. The van der Waals surface area contributed by atoms with Gasteiger partial charge in [0.1, 0.15) is 12.4 Å². The Balaban J connectivity index is 1.40. The van der Waals surface area contributed by atoms with Gasteiger partial charge in [0.2, 0.25) is 0 Å². The summed E-state index contributed by atoms with van der Waals surface area (Å²) in [5, 5.41) is 0.970. The second-order valence-electron chi connectivity index (χ2n) is 9.95. The van der Waals surface area contributed by atoms with E-state index in [9.17, 15) is 9.59 Å². The van der Waals surface area contributed by atoms with Gasteiger partial charge in [0.05, 0.1) is 38.5 Å². The molecule has 0 fully saturated rings. The van der Waals surface area contributed by atoms with Gasteiger partial charge >= 0.3 is 5.97 Å². The topological polar surface area (TPSA) is 69.9 Å². The molecule has 0 bridgehead atoms. The van der Waals surface area contributed by atoms with Gasteiger partial charge < -0.3 is 9.47 Å². The Bertz CT molecular complexity index is 2040. The van der Waals surface area contributed by atoms with E-state index in [-0.39, 0.29) is 12.2 Å². The Hall–Kier alpha value is -4.43. The molecule has 0 radical (unpaired) electrons. The number of carbonyl (C=O) groups is 1. The second kappa shape index (κ2) is 13.1. The molecule has 220 valence electrons. The molecule has 2 heterocycles. The molecule has 44 heavy (non-hydrogen) atoms. The van der Waals surface area contributed by atoms with Gasteiger partial charge in [-0.1, -0.05) is 113 Å². The third-order valence-corrected chi connectivity index (χ3v) is 8.78. The van der Waals surface area contributed by atoms with Crippen molar-refractivity contribution in [1.29, 1.82) is 0 Å². The summed E-state index contributed by atoms with van der Waals surface area (Å²) in [5.41, 5.74) is 3.86. The number of rotatable bonds is 8. The molecule has 5 aromatic rings. The molecule has 1 atom stereocenters. The van der Waals surface area contributed by atoms with Gasteiger partial charge in [-0.25, -0.2) is 9.79 Å². The Morgan fingerprint density at radius 2 is 1.64 bits per heavy atom. The lowest BCUT2D eigenvalue weighted by Gasteiger charge is -2.25. The molecule has 9 heteroatoms. The summed E-state index contributed by atoms with van der Waals surface area (Å²) < 4.78 is 13.5. The van der Waals surface area contributed by atoms with Crippen LogP contribution in [0.25, 0.3) is 11.8 Å². The molecule has 0 saturated carbocycles. The van der Waals surface area contributed by atoms with Crippen molar-refractivity contribution < 1.29 is 14.3 Å². The summed E-state index contributed by atoms with van der Waals surface area (Å²) in [6, 6.07) is 31.1. The second-order valence-corrected chi connectivity index (χ2v) is 11.8. The van der Waals surface area contributed by atoms with E-state index >= 15 is 0 Å². The highest BCUT2D eigenvalue weighted by Crippen LogP contribution is 2.35. The van der Waals surface area contributed by atoms with Crippen molar-refractivity contribution in [3.05, 3.63) is 161 Å². The first-order valence-electron chi connectivity index (χ1n) is 13.9. The third kappa shape index (κ3) is 6.13. The molecule has 0 amide bonds. The molecule has 6 nitrogen and oxygen atoms in total. The van der Waals surface area contributed by atoms with Crippen LogP contribution in [0.3, 0.4) is 0 Å². The largest absolute Gasteiger partial charge is 0.489 e. The van der Waals surface area contributed by atoms with Gasteiger partial charge in [0.25, 0.3) is 5.56 Å². The zero-order valence-electron chi connectivity index (χ0n) is 23.6. The maximum absolute atomic E-state index is 14.0. The van der Waals surface area contributed by atoms with Gasteiger partial charge in [-0.3, -0.25) is 9.36 Å². The van der Waals surface area contributed by atoms with Crippen LogP contribution in [0.15, 0.2) is 118 Å². The predicted molar refractivity (Wildman–Crippen MR) is 175 cm³/mol. The number of fused-ring (bicyclic) bond motifs is 1. The minimum absolute atomic E-state index is 0.198. The first-order valence-corrected chi connectivity index (χ1v) is 15.5. The van der Waals surface area contributed by atoms with Crippen molar-refractivity contribution in [2.24, 2.45) is 4.99 Å². The van der Waals surface area contributed by atoms with Gasteiger partial charge in [0, 0.05) is 5.56 Å². The summed E-state index contributed by atoms with van der Waals surface area (Å²) >= 11 is 13.4. The van der Waals surface area contributed by atoms with E-state index in [0.29, 0.717) is 43.0 Å². The molecule has 1 aromatic heterocycles. The van der Waals surface area contributed by atoms with E-state index < -0.39 is 12.0 Å². The fourth-order valence-electron chi connectivity index (χ4n) is 5.00. The molecule has 0 aliphatic carbocycles. The van der Waals surface area contributed by atoms with Gasteiger partial charge in [0.15, 0.2) is 4.80 Å². The van der Waals surface area contributed by atoms with Crippen molar-refractivity contribution in [1.82, 2.24) is 4.57 Å². The number of halogens is 2. The quantitative estimate of drug-likeness (QED) is 0.175. The molecule has 0 saturated heterocycles. The van der Waals surface area contributed by atoms with Crippen molar-refractivity contribution in [3.8, 4) is 5.75 Å². The summed E-state index contributed by atoms with van der Waals surface area (Å²) in [5.74, 6) is 0.167. The van der Waals surface area contributed by atoms with Crippen LogP contribution in [0.5, 0.6) is 5.75 Å². The highest BCUT2D eigenvalue weighted by atomic mass is 35.5. The molecule has 0 spiro atoms. The molecule has 4 aromatic carbocycles. The number of ether oxygens (including phenoxy) is 2. The van der Waals surface area contributed by atoms with Crippen molar-refractivity contribution in [2.75, 3.05) is 6.61 Å². The SMILES string of the molecule is CCOC(=O)C1=C(c2ccccc2)N=c2s/c(=C/c3ccc(OCc4ccc(Cl)c(Cl)c4)cc3)c(=O)n2[C@@H]1c1ccccc1. The van der Waals surface area contributed by atoms with E-state index in [4.69, 9.17) is 37.7 Å². The fourth-order valence-corrected chi connectivity index (χ4v) is 6.32. The minimum atomic E-state index is -0.707. The molecule has 1 aliphatic heterocycles. The minimum Gasteiger partial charge on any atom is -0.489 e. The van der Waals surface area contributed by atoms with Crippen LogP contribution in [-0.2, 0) is 16.1 Å². The van der Waals surface area contributed by atoms with Crippen LogP contribution in [-0.4, -0.2) is 17.1 Å². The molecule has 0 N–H and O–H groups in total. The number of nitrogens with zero attached hydrogens (tertiary/aromatic N) is 2. The van der Waals surface area contributed by atoms with Crippen molar-refractivity contribution in [2.45, 2.75) is 19.6 Å². The lowest BCUT2D eigenvalue weighted by atomic mass is 9.93. The number of aromatic nitrogens is 1. The maximum atomic E-state index is 14.0. The van der Waals surface area contributed by atoms with E-state index in [1.54, 1.807) is 23.6 Å². The van der Waals surface area contributed by atoms with Crippen LogP contribution >= 0.6 is 34.5 Å². The normalized spacial score (nSPS) is 14.6. The number of esters is 1.